The van der Waals surface area contributed by atoms with Crippen LogP contribution in [0.3, 0.4) is 0 Å². The summed E-state index contributed by atoms with van der Waals surface area (Å²) in [6.45, 7) is -1.01. The lowest BCUT2D eigenvalue weighted by Crippen LogP contribution is -2.06. The van der Waals surface area contributed by atoms with Crippen LogP contribution in [0.15, 0.2) is 36.9 Å². The SMILES string of the molecule is Cc1c(-c2ccn(C)n2)cn2nc(-c3nccn3C)nc(Nc3cc(OC(F)F)n(C)n3)c12. The van der Waals surface area contributed by atoms with Gasteiger partial charge in [0.25, 0.3) is 0 Å². The summed E-state index contributed by atoms with van der Waals surface area (Å²) in [7, 11) is 5.20. The lowest BCUT2D eigenvalue weighted by Gasteiger charge is -2.09. The van der Waals surface area contributed by atoms with Crippen molar-refractivity contribution in [3.63, 3.8) is 0 Å². The van der Waals surface area contributed by atoms with Crippen molar-refractivity contribution in [2.45, 2.75) is 13.5 Å². The Labute approximate surface area is 186 Å². The topological polar surface area (TPSA) is 105 Å². The number of ether oxygens (including phenoxy) is 1. The zero-order chi connectivity index (χ0) is 23.3. The maximum absolute atomic E-state index is 12.7. The molecule has 0 saturated heterocycles. The van der Waals surface area contributed by atoms with Crippen LogP contribution in [0.5, 0.6) is 5.88 Å². The first-order valence-corrected chi connectivity index (χ1v) is 9.93. The van der Waals surface area contributed by atoms with Gasteiger partial charge in [-0.1, -0.05) is 0 Å². The van der Waals surface area contributed by atoms with Gasteiger partial charge in [-0.2, -0.15) is 19.0 Å². The predicted molar refractivity (Wildman–Crippen MR) is 115 cm³/mol. The number of imidazole rings is 1. The molecule has 0 saturated carbocycles. The zero-order valence-electron chi connectivity index (χ0n) is 18.2. The molecule has 5 aromatic heterocycles. The molecule has 0 bridgehead atoms. The fourth-order valence-corrected chi connectivity index (χ4v) is 3.65. The molecular formula is C20H20F2N10O. The summed E-state index contributed by atoms with van der Waals surface area (Å²) in [4.78, 5) is 9.02. The second kappa shape index (κ2) is 7.69. The second-order valence-corrected chi connectivity index (χ2v) is 7.48. The van der Waals surface area contributed by atoms with Gasteiger partial charge in [-0.15, -0.1) is 5.10 Å². The third-order valence-corrected chi connectivity index (χ3v) is 5.19. The average Bonchev–Trinajstić information content (AvgIpc) is 3.51. The molecule has 5 aromatic rings. The Morgan fingerprint density at radius 3 is 2.58 bits per heavy atom. The Hall–Kier alpha value is -4.29. The fraction of sp³-hybridized carbons (Fsp3) is 0.250. The van der Waals surface area contributed by atoms with Gasteiger partial charge in [-0.3, -0.25) is 4.68 Å². The van der Waals surface area contributed by atoms with Crippen LogP contribution in [0.2, 0.25) is 0 Å². The molecule has 13 heteroatoms. The number of nitrogens with zero attached hydrogens (tertiary/aromatic N) is 9. The maximum Gasteiger partial charge on any atom is 0.388 e. The van der Waals surface area contributed by atoms with Gasteiger partial charge in [0, 0.05) is 57.6 Å². The third-order valence-electron chi connectivity index (χ3n) is 5.19. The highest BCUT2D eigenvalue weighted by molar-refractivity contribution is 5.84. The van der Waals surface area contributed by atoms with Gasteiger partial charge in [0.2, 0.25) is 11.7 Å². The minimum absolute atomic E-state index is 0.0804. The van der Waals surface area contributed by atoms with Crippen molar-refractivity contribution in [2.75, 3.05) is 5.32 Å². The predicted octanol–water partition coefficient (Wildman–Crippen LogP) is 2.92. The van der Waals surface area contributed by atoms with Crippen LogP contribution in [0, 0.1) is 6.92 Å². The number of anilines is 2. The van der Waals surface area contributed by atoms with Gasteiger partial charge < -0.3 is 14.6 Å². The smallest absolute Gasteiger partial charge is 0.388 e. The van der Waals surface area contributed by atoms with Gasteiger partial charge in [-0.05, 0) is 18.6 Å². The first-order chi connectivity index (χ1) is 15.8. The molecular weight excluding hydrogens is 434 g/mol. The minimum atomic E-state index is -2.96. The summed E-state index contributed by atoms with van der Waals surface area (Å²) in [5, 5.41) is 16.5. The van der Waals surface area contributed by atoms with Crippen molar-refractivity contribution < 1.29 is 13.5 Å². The fourth-order valence-electron chi connectivity index (χ4n) is 3.65. The number of aromatic nitrogens is 9. The van der Waals surface area contributed by atoms with E-state index in [1.807, 2.05) is 39.5 Å². The molecule has 0 aliphatic rings. The third kappa shape index (κ3) is 3.66. The monoisotopic (exact) mass is 454 g/mol. The zero-order valence-corrected chi connectivity index (χ0v) is 18.2. The standard InChI is InChI=1S/C20H20F2N10O/c1-11-12(13-5-7-30(3)26-13)10-32-16(11)17(25-18(28-32)19-23-6-8-29(19)2)24-14-9-15(31(4)27-14)33-20(21)22/h5-10,20H,1-4H3,(H,24,25,27,28). The first kappa shape index (κ1) is 20.6. The second-order valence-electron chi connectivity index (χ2n) is 7.48. The molecule has 11 nitrogen and oxygen atoms in total. The number of alkyl halides is 2. The van der Waals surface area contributed by atoms with E-state index in [1.54, 1.807) is 26.2 Å². The highest BCUT2D eigenvalue weighted by Crippen LogP contribution is 2.32. The average molecular weight is 454 g/mol. The number of fused-ring (bicyclic) bond motifs is 1. The molecule has 0 radical (unpaired) electrons. The van der Waals surface area contributed by atoms with E-state index in [9.17, 15) is 8.78 Å². The van der Waals surface area contributed by atoms with E-state index < -0.39 is 6.61 Å². The molecule has 5 rings (SSSR count). The molecule has 0 amide bonds. The lowest BCUT2D eigenvalue weighted by molar-refractivity contribution is -0.0553. The number of rotatable bonds is 6. The molecule has 0 unspecified atom stereocenters. The highest BCUT2D eigenvalue weighted by Gasteiger charge is 2.20. The largest absolute Gasteiger partial charge is 0.417 e. The molecule has 0 aliphatic heterocycles. The van der Waals surface area contributed by atoms with E-state index in [2.05, 4.69) is 35.3 Å². The normalized spacial score (nSPS) is 11.6. The number of hydrogen-bond acceptors (Lipinski definition) is 7. The van der Waals surface area contributed by atoms with Crippen LogP contribution in [0.4, 0.5) is 20.4 Å². The van der Waals surface area contributed by atoms with Crippen molar-refractivity contribution in [3.05, 3.63) is 42.5 Å². The molecule has 5 heterocycles. The quantitative estimate of drug-likeness (QED) is 0.421. The Kier molecular flexibility index (Phi) is 4.80. The van der Waals surface area contributed by atoms with Crippen LogP contribution in [-0.4, -0.2) is 50.3 Å². The lowest BCUT2D eigenvalue weighted by atomic mass is 10.1. The number of aryl methyl sites for hydroxylation is 4. The highest BCUT2D eigenvalue weighted by atomic mass is 19.3. The van der Waals surface area contributed by atoms with Crippen molar-refractivity contribution >= 4 is 17.2 Å². The van der Waals surface area contributed by atoms with Crippen LogP contribution in [0.25, 0.3) is 28.4 Å². The van der Waals surface area contributed by atoms with Gasteiger partial charge in [-0.25, -0.2) is 19.2 Å². The van der Waals surface area contributed by atoms with Crippen molar-refractivity contribution in [1.82, 2.24) is 43.7 Å². The van der Waals surface area contributed by atoms with Gasteiger partial charge in [0.05, 0.1) is 5.69 Å². The van der Waals surface area contributed by atoms with Crippen LogP contribution < -0.4 is 10.1 Å². The summed E-state index contributed by atoms with van der Waals surface area (Å²) in [6, 6.07) is 3.29. The summed E-state index contributed by atoms with van der Waals surface area (Å²) in [6.07, 6.45) is 7.18. The van der Waals surface area contributed by atoms with Gasteiger partial charge in [0.1, 0.15) is 5.52 Å². The van der Waals surface area contributed by atoms with Crippen molar-refractivity contribution in [2.24, 2.45) is 21.1 Å². The summed E-state index contributed by atoms with van der Waals surface area (Å²) >= 11 is 0. The van der Waals surface area contributed by atoms with Crippen LogP contribution in [-0.2, 0) is 21.1 Å². The summed E-state index contributed by atoms with van der Waals surface area (Å²) in [5.74, 6) is 1.58. The van der Waals surface area contributed by atoms with E-state index in [1.165, 1.54) is 17.8 Å². The number of halogens is 2. The molecule has 0 fully saturated rings. The van der Waals surface area contributed by atoms with Crippen LogP contribution >= 0.6 is 0 Å². The summed E-state index contributed by atoms with van der Waals surface area (Å²) in [5.41, 5.74) is 3.25. The minimum Gasteiger partial charge on any atom is -0.417 e. The van der Waals surface area contributed by atoms with E-state index in [4.69, 9.17) is 0 Å². The Bertz CT molecular complexity index is 1460. The van der Waals surface area contributed by atoms with Gasteiger partial charge >= 0.3 is 6.61 Å². The van der Waals surface area contributed by atoms with E-state index in [0.717, 1.165) is 16.8 Å². The van der Waals surface area contributed by atoms with Gasteiger partial charge in [0.15, 0.2) is 17.5 Å². The van der Waals surface area contributed by atoms with Crippen molar-refractivity contribution in [3.8, 4) is 28.8 Å². The first-order valence-electron chi connectivity index (χ1n) is 9.93. The Balaban J connectivity index is 1.67. The van der Waals surface area contributed by atoms with E-state index >= 15 is 0 Å². The van der Waals surface area contributed by atoms with Crippen LogP contribution in [0.1, 0.15) is 5.56 Å². The number of nitrogens with one attached hydrogen (secondary N) is 1. The summed E-state index contributed by atoms with van der Waals surface area (Å²) < 4.78 is 36.3. The van der Waals surface area contributed by atoms with Crippen molar-refractivity contribution in [1.29, 1.82) is 0 Å². The maximum atomic E-state index is 12.7. The Morgan fingerprint density at radius 2 is 1.91 bits per heavy atom. The molecule has 0 aliphatic carbocycles. The molecule has 170 valence electrons. The van der Waals surface area contributed by atoms with E-state index in [0.29, 0.717) is 28.8 Å². The molecule has 0 spiro atoms. The molecule has 0 atom stereocenters. The Morgan fingerprint density at radius 1 is 1.09 bits per heavy atom. The number of hydrogen-bond donors (Lipinski definition) is 1. The molecule has 33 heavy (non-hydrogen) atoms. The van der Waals surface area contributed by atoms with E-state index in [-0.39, 0.29) is 5.88 Å². The molecule has 0 aromatic carbocycles. The molecule has 1 N–H and O–H groups in total.